The van der Waals surface area contributed by atoms with E-state index in [1.165, 1.54) is 0 Å². The molecule has 0 aliphatic carbocycles. The highest BCUT2D eigenvalue weighted by molar-refractivity contribution is 6.21. The SMILES string of the molecule is C=C(/C=C\C(Cl)NC)C(C)(C)C. The van der Waals surface area contributed by atoms with Crippen molar-refractivity contribution in [2.75, 3.05) is 7.05 Å². The monoisotopic (exact) mass is 187 g/mol. The summed E-state index contributed by atoms with van der Waals surface area (Å²) in [5, 5.41) is 2.91. The lowest BCUT2D eigenvalue weighted by molar-refractivity contribution is 0.518. The molecule has 2 heteroatoms. The highest BCUT2D eigenvalue weighted by atomic mass is 35.5. The van der Waals surface area contributed by atoms with E-state index in [4.69, 9.17) is 11.6 Å². The molecule has 1 atom stereocenters. The molecular weight excluding hydrogens is 170 g/mol. The van der Waals surface area contributed by atoms with Gasteiger partial charge in [0.2, 0.25) is 0 Å². The first-order valence-electron chi connectivity index (χ1n) is 4.07. The van der Waals surface area contributed by atoms with Crippen molar-refractivity contribution in [2.45, 2.75) is 26.3 Å². The van der Waals surface area contributed by atoms with Crippen molar-refractivity contribution in [3.63, 3.8) is 0 Å². The predicted octanol–water partition coefficient (Wildman–Crippen LogP) is 2.93. The van der Waals surface area contributed by atoms with Crippen molar-refractivity contribution >= 4 is 11.6 Å². The number of allylic oxidation sites excluding steroid dienone is 2. The maximum absolute atomic E-state index is 5.82. The lowest BCUT2D eigenvalue weighted by Crippen LogP contribution is -2.15. The molecule has 0 heterocycles. The van der Waals surface area contributed by atoms with Gasteiger partial charge in [-0.3, -0.25) is 0 Å². The molecule has 12 heavy (non-hydrogen) atoms. The number of rotatable bonds is 3. The zero-order valence-corrected chi connectivity index (χ0v) is 9.07. The Balaban J connectivity index is 4.10. The minimum Gasteiger partial charge on any atom is -0.301 e. The molecule has 0 aromatic heterocycles. The molecule has 0 fully saturated rings. The standard InChI is InChI=1S/C10H18ClN/c1-8(10(2,3)4)6-7-9(11)12-5/h6-7,9,12H,1H2,2-5H3/b7-6-. The molecule has 0 aliphatic rings. The largest absolute Gasteiger partial charge is 0.301 e. The van der Waals surface area contributed by atoms with Crippen LogP contribution in [0.1, 0.15) is 20.8 Å². The Hall–Kier alpha value is -0.270. The Morgan fingerprint density at radius 3 is 2.33 bits per heavy atom. The Morgan fingerprint density at radius 1 is 1.50 bits per heavy atom. The van der Waals surface area contributed by atoms with Gasteiger partial charge in [-0.25, -0.2) is 0 Å². The molecule has 70 valence electrons. The summed E-state index contributed by atoms with van der Waals surface area (Å²) in [4.78, 5) is 0. The van der Waals surface area contributed by atoms with Crippen LogP contribution in [0.15, 0.2) is 24.3 Å². The average molecular weight is 188 g/mol. The fraction of sp³-hybridized carbons (Fsp3) is 0.600. The van der Waals surface area contributed by atoms with Gasteiger partial charge in [0.25, 0.3) is 0 Å². The van der Waals surface area contributed by atoms with Gasteiger partial charge >= 0.3 is 0 Å². The highest BCUT2D eigenvalue weighted by Crippen LogP contribution is 2.24. The third-order valence-electron chi connectivity index (χ3n) is 1.71. The third kappa shape index (κ3) is 4.58. The number of nitrogens with one attached hydrogen (secondary N) is 1. The number of alkyl halides is 1. The van der Waals surface area contributed by atoms with Gasteiger partial charge < -0.3 is 5.32 Å². The Bertz CT molecular complexity index is 177. The Kier molecular flexibility index (Phi) is 4.58. The first kappa shape index (κ1) is 11.7. The predicted molar refractivity (Wildman–Crippen MR) is 56.4 cm³/mol. The smallest absolute Gasteiger partial charge is 0.101 e. The van der Waals surface area contributed by atoms with E-state index < -0.39 is 0 Å². The average Bonchev–Trinajstić information content (AvgIpc) is 1.97. The molecule has 0 bridgehead atoms. The highest BCUT2D eigenvalue weighted by Gasteiger charge is 2.11. The van der Waals surface area contributed by atoms with Crippen molar-refractivity contribution in [3.8, 4) is 0 Å². The number of hydrogen-bond donors (Lipinski definition) is 1. The number of halogens is 1. The Labute approximate surface area is 80.5 Å². The van der Waals surface area contributed by atoms with Crippen molar-refractivity contribution in [3.05, 3.63) is 24.3 Å². The maximum Gasteiger partial charge on any atom is 0.101 e. The summed E-state index contributed by atoms with van der Waals surface area (Å²) in [5.74, 6) is 0. The lowest BCUT2D eigenvalue weighted by Gasteiger charge is -2.18. The van der Waals surface area contributed by atoms with E-state index in [0.29, 0.717) is 0 Å². The number of likely N-dealkylation sites (N-methyl/N-ethyl adjacent to an activating group) is 1. The summed E-state index contributed by atoms with van der Waals surface area (Å²) in [6, 6.07) is 0. The van der Waals surface area contributed by atoms with Crippen LogP contribution < -0.4 is 5.32 Å². The van der Waals surface area contributed by atoms with Crippen LogP contribution in [0.2, 0.25) is 0 Å². The van der Waals surface area contributed by atoms with Crippen molar-refractivity contribution < 1.29 is 0 Å². The van der Waals surface area contributed by atoms with Crippen molar-refractivity contribution in [1.82, 2.24) is 5.32 Å². The van der Waals surface area contributed by atoms with Crippen molar-refractivity contribution in [2.24, 2.45) is 5.41 Å². The van der Waals surface area contributed by atoms with Crippen molar-refractivity contribution in [1.29, 1.82) is 0 Å². The summed E-state index contributed by atoms with van der Waals surface area (Å²) < 4.78 is 0. The van der Waals surface area contributed by atoms with Gasteiger partial charge in [0.05, 0.1) is 0 Å². The van der Waals surface area contributed by atoms with Crippen LogP contribution in [0.5, 0.6) is 0 Å². The second-order valence-corrected chi connectivity index (χ2v) is 4.29. The minimum absolute atomic E-state index is 0.107. The van der Waals surface area contributed by atoms with Gasteiger partial charge in [-0.2, -0.15) is 0 Å². The third-order valence-corrected chi connectivity index (χ3v) is 2.07. The molecule has 1 nitrogen and oxygen atoms in total. The molecule has 0 amide bonds. The molecule has 0 aromatic rings. The van der Waals surface area contributed by atoms with E-state index in [2.05, 4.69) is 32.7 Å². The Morgan fingerprint density at radius 2 is 2.00 bits per heavy atom. The second-order valence-electron chi connectivity index (χ2n) is 3.82. The molecule has 0 saturated heterocycles. The zero-order chi connectivity index (χ0) is 9.78. The summed E-state index contributed by atoms with van der Waals surface area (Å²) in [6.07, 6.45) is 3.86. The van der Waals surface area contributed by atoms with E-state index in [-0.39, 0.29) is 10.9 Å². The van der Waals surface area contributed by atoms with Crippen LogP contribution in [0, 0.1) is 5.41 Å². The van der Waals surface area contributed by atoms with Crippen LogP contribution in [-0.2, 0) is 0 Å². The molecular formula is C10H18ClN. The molecule has 0 radical (unpaired) electrons. The fourth-order valence-electron chi connectivity index (χ4n) is 0.547. The molecule has 0 aliphatic heterocycles. The topological polar surface area (TPSA) is 12.0 Å². The minimum atomic E-state index is -0.107. The van der Waals surface area contributed by atoms with Crippen LogP contribution in [0.4, 0.5) is 0 Å². The summed E-state index contributed by atoms with van der Waals surface area (Å²) >= 11 is 5.82. The molecule has 0 saturated carbocycles. The van der Waals surface area contributed by atoms with E-state index in [1.807, 2.05) is 19.2 Å². The van der Waals surface area contributed by atoms with Crippen LogP contribution in [0.3, 0.4) is 0 Å². The molecule has 1 N–H and O–H groups in total. The summed E-state index contributed by atoms with van der Waals surface area (Å²) in [7, 11) is 1.82. The number of hydrogen-bond acceptors (Lipinski definition) is 1. The lowest BCUT2D eigenvalue weighted by atomic mass is 9.87. The van der Waals surface area contributed by atoms with E-state index in [9.17, 15) is 0 Å². The van der Waals surface area contributed by atoms with Gasteiger partial charge in [0, 0.05) is 0 Å². The molecule has 0 aromatic carbocycles. The first-order valence-corrected chi connectivity index (χ1v) is 4.50. The van der Waals surface area contributed by atoms with Gasteiger partial charge in [0.15, 0.2) is 0 Å². The van der Waals surface area contributed by atoms with Gasteiger partial charge in [-0.15, -0.1) is 11.6 Å². The first-order chi connectivity index (χ1) is 5.38. The second kappa shape index (κ2) is 4.68. The van der Waals surface area contributed by atoms with Gasteiger partial charge in [-0.05, 0) is 12.5 Å². The van der Waals surface area contributed by atoms with E-state index >= 15 is 0 Å². The fourth-order valence-corrected chi connectivity index (χ4v) is 0.620. The molecule has 0 rings (SSSR count). The maximum atomic E-state index is 5.82. The summed E-state index contributed by atoms with van der Waals surface area (Å²) in [6.45, 7) is 10.3. The zero-order valence-electron chi connectivity index (χ0n) is 8.32. The van der Waals surface area contributed by atoms with Gasteiger partial charge in [0.1, 0.15) is 5.50 Å². The van der Waals surface area contributed by atoms with E-state index in [1.54, 1.807) is 0 Å². The molecule has 1 unspecified atom stereocenters. The van der Waals surface area contributed by atoms with Crippen LogP contribution in [0.25, 0.3) is 0 Å². The summed E-state index contributed by atoms with van der Waals surface area (Å²) in [5.41, 5.74) is 1.11. The molecule has 0 spiro atoms. The van der Waals surface area contributed by atoms with E-state index in [0.717, 1.165) is 5.57 Å². The van der Waals surface area contributed by atoms with Gasteiger partial charge in [-0.1, -0.05) is 45.1 Å². The normalized spacial score (nSPS) is 15.1. The quantitative estimate of drug-likeness (QED) is 0.407. The van der Waals surface area contributed by atoms with Crippen LogP contribution in [-0.4, -0.2) is 12.5 Å². The van der Waals surface area contributed by atoms with Crippen LogP contribution >= 0.6 is 11.6 Å².